The molecule has 1 aliphatic heterocycles. The zero-order valence-corrected chi connectivity index (χ0v) is 25.9. The van der Waals surface area contributed by atoms with Crippen LogP contribution < -0.4 is 21.3 Å². The second-order valence-electron chi connectivity index (χ2n) is 11.3. The lowest BCUT2D eigenvalue weighted by molar-refractivity contribution is 0.108. The number of nitrogens with one attached hydrogen (secondary N) is 4. The summed E-state index contributed by atoms with van der Waals surface area (Å²) in [6.07, 6.45) is 0. The Bertz CT molecular complexity index is 1380. The molecule has 0 aliphatic carbocycles. The molecule has 4 N–H and O–H groups in total. The molecule has 4 aromatic carbocycles. The number of guanidine groups is 2. The lowest BCUT2D eigenvalue weighted by Gasteiger charge is -2.20. The largest absolute Gasteiger partial charge is 0.372 e. The fraction of sp³-hybridized carbons (Fsp3) is 0.278. The number of rotatable bonds is 2. The summed E-state index contributed by atoms with van der Waals surface area (Å²) >= 11 is 0. The zero-order valence-electron chi connectivity index (χ0n) is 25.9. The Balaban J connectivity index is 1.51. The minimum Gasteiger partial charge on any atom is -0.372 e. The van der Waals surface area contributed by atoms with Gasteiger partial charge in [0.1, 0.15) is 0 Å². The van der Waals surface area contributed by atoms with Gasteiger partial charge < -0.3 is 30.7 Å². The molecule has 228 valence electrons. The van der Waals surface area contributed by atoms with Crippen LogP contribution in [0.15, 0.2) is 107 Å². The van der Waals surface area contributed by atoms with Crippen molar-refractivity contribution >= 4 is 34.7 Å². The van der Waals surface area contributed by atoms with Crippen LogP contribution in [0.4, 0.5) is 22.7 Å². The minimum atomic E-state index is 0.0829. The SMILES string of the molecule is CC(C)N=C1Nc2ccccc2COCc2ccccc2NC(=NC(C)C)Nc2ccccc2COCc2ccccc2N1. The molecular weight excluding hydrogens is 548 g/mol. The average Bonchev–Trinajstić information content (AvgIpc) is 2.99. The van der Waals surface area contributed by atoms with Gasteiger partial charge in [-0.1, -0.05) is 72.8 Å². The molecule has 1 aliphatic rings. The van der Waals surface area contributed by atoms with E-state index in [9.17, 15) is 0 Å². The van der Waals surface area contributed by atoms with E-state index in [1.54, 1.807) is 0 Å². The molecule has 0 spiro atoms. The normalized spacial score (nSPS) is 14.4. The van der Waals surface area contributed by atoms with Crippen molar-refractivity contribution in [2.75, 3.05) is 21.3 Å². The predicted octanol–water partition coefficient (Wildman–Crippen LogP) is 8.01. The van der Waals surface area contributed by atoms with E-state index in [1.807, 2.05) is 72.8 Å². The monoisotopic (exact) mass is 590 g/mol. The second kappa shape index (κ2) is 15.2. The summed E-state index contributed by atoms with van der Waals surface area (Å²) in [5.74, 6) is 1.32. The summed E-state index contributed by atoms with van der Waals surface area (Å²) in [6.45, 7) is 9.95. The summed E-state index contributed by atoms with van der Waals surface area (Å²) < 4.78 is 12.6. The summed E-state index contributed by atoms with van der Waals surface area (Å²) in [6, 6.07) is 32.8. The van der Waals surface area contributed by atoms with E-state index in [4.69, 9.17) is 19.5 Å². The number of hydrogen-bond acceptors (Lipinski definition) is 4. The first-order chi connectivity index (χ1) is 21.4. The van der Waals surface area contributed by atoms with Gasteiger partial charge in [-0.25, -0.2) is 9.98 Å². The number of aliphatic imine (C=N–C) groups is 2. The third-order valence-corrected chi connectivity index (χ3v) is 6.89. The topological polar surface area (TPSA) is 91.3 Å². The lowest BCUT2D eigenvalue weighted by Crippen LogP contribution is -2.25. The smallest absolute Gasteiger partial charge is 0.200 e. The van der Waals surface area contributed by atoms with E-state index in [1.165, 1.54) is 0 Å². The molecule has 0 saturated heterocycles. The maximum absolute atomic E-state index is 6.30. The zero-order chi connectivity index (χ0) is 30.7. The Morgan fingerprint density at radius 1 is 0.432 bits per heavy atom. The van der Waals surface area contributed by atoms with Gasteiger partial charge in [-0.15, -0.1) is 0 Å². The molecule has 1 heterocycles. The molecule has 8 nitrogen and oxygen atoms in total. The number of nitrogens with zero attached hydrogens (tertiary/aromatic N) is 2. The standard InChI is InChI=1S/C36H42N6O2/c1-25(2)37-35-39-31-17-9-5-13-27(31)21-43-23-29-15-7-11-19-33(29)41-36(38-26(3)4)42-34-20-12-8-16-30(34)24-44-22-28-14-6-10-18-32(28)40-35/h5-20,25-26H,21-24H2,1-4H3,(H2,37,39,40)(H2,38,41,42). The Hall–Kier alpha value is -4.66. The third-order valence-electron chi connectivity index (χ3n) is 6.89. The average molecular weight is 591 g/mol. The van der Waals surface area contributed by atoms with E-state index < -0.39 is 0 Å². The predicted molar refractivity (Wildman–Crippen MR) is 182 cm³/mol. The van der Waals surface area contributed by atoms with Crippen LogP contribution in [0.2, 0.25) is 0 Å². The van der Waals surface area contributed by atoms with Crippen LogP contribution in [0.3, 0.4) is 0 Å². The van der Waals surface area contributed by atoms with Gasteiger partial charge in [0.2, 0.25) is 11.9 Å². The van der Waals surface area contributed by atoms with E-state index in [-0.39, 0.29) is 12.1 Å². The molecule has 0 amide bonds. The van der Waals surface area contributed by atoms with Crippen molar-refractivity contribution < 1.29 is 9.47 Å². The number of ether oxygens (including phenoxy) is 2. The second-order valence-corrected chi connectivity index (χ2v) is 11.3. The highest BCUT2D eigenvalue weighted by Crippen LogP contribution is 2.24. The van der Waals surface area contributed by atoms with E-state index in [0.29, 0.717) is 38.3 Å². The van der Waals surface area contributed by atoms with Gasteiger partial charge in [-0.2, -0.15) is 0 Å². The quantitative estimate of drug-likeness (QED) is 0.189. The molecule has 4 aromatic rings. The minimum absolute atomic E-state index is 0.0829. The van der Waals surface area contributed by atoms with Crippen molar-refractivity contribution in [1.82, 2.24) is 0 Å². The van der Waals surface area contributed by atoms with Crippen molar-refractivity contribution in [2.24, 2.45) is 9.98 Å². The molecule has 0 atom stereocenters. The Kier molecular flexibility index (Phi) is 10.6. The molecule has 0 bridgehead atoms. The molecule has 44 heavy (non-hydrogen) atoms. The Morgan fingerprint density at radius 2 is 0.682 bits per heavy atom. The number of benzene rings is 4. The summed E-state index contributed by atoms with van der Waals surface area (Å²) in [5.41, 5.74) is 7.85. The van der Waals surface area contributed by atoms with E-state index >= 15 is 0 Å². The summed E-state index contributed by atoms with van der Waals surface area (Å²) in [7, 11) is 0. The number of para-hydroxylation sites is 4. The molecule has 0 saturated carbocycles. The highest BCUT2D eigenvalue weighted by atomic mass is 16.5. The Labute approximate surface area is 260 Å². The number of hydrogen-bond donors (Lipinski definition) is 4. The molecule has 0 fully saturated rings. The van der Waals surface area contributed by atoms with Crippen LogP contribution in [-0.4, -0.2) is 24.0 Å². The van der Waals surface area contributed by atoms with Crippen molar-refractivity contribution in [3.05, 3.63) is 119 Å². The van der Waals surface area contributed by atoms with Crippen molar-refractivity contribution in [3.8, 4) is 0 Å². The van der Waals surface area contributed by atoms with Crippen LogP contribution in [0.25, 0.3) is 0 Å². The fourth-order valence-electron chi connectivity index (χ4n) is 4.83. The highest BCUT2D eigenvalue weighted by molar-refractivity contribution is 6.05. The van der Waals surface area contributed by atoms with Gasteiger partial charge in [-0.3, -0.25) is 0 Å². The van der Waals surface area contributed by atoms with Crippen LogP contribution in [0, 0.1) is 0 Å². The van der Waals surface area contributed by atoms with Crippen molar-refractivity contribution in [1.29, 1.82) is 0 Å². The fourth-order valence-corrected chi connectivity index (χ4v) is 4.83. The van der Waals surface area contributed by atoms with Gasteiger partial charge in [0.15, 0.2) is 0 Å². The number of anilines is 4. The summed E-state index contributed by atoms with van der Waals surface area (Å²) in [5, 5.41) is 14.1. The molecular formula is C36H42N6O2. The van der Waals surface area contributed by atoms with Crippen LogP contribution in [-0.2, 0) is 35.9 Å². The maximum atomic E-state index is 6.30. The Morgan fingerprint density at radius 3 is 0.932 bits per heavy atom. The lowest BCUT2D eigenvalue weighted by atomic mass is 10.1. The maximum Gasteiger partial charge on any atom is 0.200 e. The van der Waals surface area contributed by atoms with Crippen molar-refractivity contribution in [3.63, 3.8) is 0 Å². The van der Waals surface area contributed by atoms with Gasteiger partial charge >= 0.3 is 0 Å². The molecule has 0 aromatic heterocycles. The van der Waals surface area contributed by atoms with Gasteiger partial charge in [-0.05, 0) is 52.0 Å². The van der Waals surface area contributed by atoms with Crippen LogP contribution in [0.1, 0.15) is 49.9 Å². The van der Waals surface area contributed by atoms with E-state index in [2.05, 4.69) is 73.2 Å². The van der Waals surface area contributed by atoms with Gasteiger partial charge in [0, 0.05) is 57.1 Å². The summed E-state index contributed by atoms with van der Waals surface area (Å²) in [4.78, 5) is 9.72. The van der Waals surface area contributed by atoms with Crippen LogP contribution in [0.5, 0.6) is 0 Å². The third kappa shape index (κ3) is 8.69. The van der Waals surface area contributed by atoms with Crippen molar-refractivity contribution in [2.45, 2.75) is 66.2 Å². The molecule has 0 radical (unpaired) electrons. The van der Waals surface area contributed by atoms with E-state index in [0.717, 1.165) is 45.0 Å². The van der Waals surface area contributed by atoms with Crippen LogP contribution >= 0.6 is 0 Å². The molecule has 5 rings (SSSR count). The molecule has 0 unspecified atom stereocenters. The first-order valence-corrected chi connectivity index (χ1v) is 15.2. The number of fused-ring (bicyclic) bond motifs is 4. The van der Waals surface area contributed by atoms with Gasteiger partial charge in [0.05, 0.1) is 26.4 Å². The molecule has 8 heteroatoms. The first kappa shape index (κ1) is 30.8. The van der Waals surface area contributed by atoms with Gasteiger partial charge in [0.25, 0.3) is 0 Å². The first-order valence-electron chi connectivity index (χ1n) is 15.2. The highest BCUT2D eigenvalue weighted by Gasteiger charge is 2.13.